The molecular weight excluding hydrogens is 236 g/mol. The van der Waals surface area contributed by atoms with Crippen LogP contribution in [0.5, 0.6) is 0 Å². The number of amidine groups is 1. The molecule has 0 aliphatic heterocycles. The van der Waals surface area contributed by atoms with Crippen LogP contribution in [0.4, 0.5) is 0 Å². The van der Waals surface area contributed by atoms with Gasteiger partial charge in [-0.3, -0.25) is 4.57 Å². The zero-order valence-electron chi connectivity index (χ0n) is 9.04. The molecule has 0 aliphatic carbocycles. The van der Waals surface area contributed by atoms with Gasteiger partial charge in [-0.2, -0.15) is 0 Å². The summed E-state index contributed by atoms with van der Waals surface area (Å²) in [6.45, 7) is 0. The number of oxime groups is 1. The van der Waals surface area contributed by atoms with E-state index in [0.717, 1.165) is 0 Å². The highest BCUT2D eigenvalue weighted by Gasteiger charge is 2.09. The van der Waals surface area contributed by atoms with Crippen LogP contribution in [0.15, 0.2) is 35.6 Å². The standard InChI is InChI=1S/C9H8N8O/c10-9(13-18)6-2-1-5-16(6)8-4-3-7-11-14-15-17(7)12-8/h1-5,18H,(H2,10,13). The SMILES string of the molecule is N/C(=N/O)c1cccn1-c1ccc2nnnn2n1. The molecule has 0 amide bonds. The van der Waals surface area contributed by atoms with Crippen molar-refractivity contribution in [3.63, 3.8) is 0 Å². The van der Waals surface area contributed by atoms with Crippen molar-refractivity contribution >= 4 is 11.5 Å². The first-order chi connectivity index (χ1) is 8.79. The second kappa shape index (κ2) is 3.80. The minimum atomic E-state index is -0.00128. The maximum absolute atomic E-state index is 8.71. The summed E-state index contributed by atoms with van der Waals surface area (Å²) < 4.78 is 2.96. The number of tetrazole rings is 1. The molecule has 90 valence electrons. The van der Waals surface area contributed by atoms with Gasteiger partial charge >= 0.3 is 0 Å². The van der Waals surface area contributed by atoms with Gasteiger partial charge in [-0.1, -0.05) is 5.16 Å². The van der Waals surface area contributed by atoms with Crippen LogP contribution in [-0.4, -0.2) is 40.9 Å². The van der Waals surface area contributed by atoms with Crippen molar-refractivity contribution in [1.29, 1.82) is 0 Å². The van der Waals surface area contributed by atoms with Crippen LogP contribution in [0, 0.1) is 0 Å². The number of fused-ring (bicyclic) bond motifs is 1. The second-order valence-electron chi connectivity index (χ2n) is 3.47. The Morgan fingerprint density at radius 3 is 3.06 bits per heavy atom. The summed E-state index contributed by atoms with van der Waals surface area (Å²) in [5, 5.41) is 26.8. The molecule has 9 nitrogen and oxygen atoms in total. The number of rotatable bonds is 2. The zero-order valence-corrected chi connectivity index (χ0v) is 9.04. The van der Waals surface area contributed by atoms with Gasteiger partial charge in [0.2, 0.25) is 0 Å². The smallest absolute Gasteiger partial charge is 0.200 e. The van der Waals surface area contributed by atoms with Crippen LogP contribution in [0.3, 0.4) is 0 Å². The van der Waals surface area contributed by atoms with E-state index in [-0.39, 0.29) is 5.84 Å². The Balaban J connectivity index is 2.17. The monoisotopic (exact) mass is 244 g/mol. The molecule has 9 heteroatoms. The topological polar surface area (TPSA) is 120 Å². The molecule has 0 saturated carbocycles. The fourth-order valence-electron chi connectivity index (χ4n) is 1.61. The van der Waals surface area contributed by atoms with E-state index in [4.69, 9.17) is 10.9 Å². The number of hydrogen-bond donors (Lipinski definition) is 2. The summed E-state index contributed by atoms with van der Waals surface area (Å²) in [5.74, 6) is 0.556. The highest BCUT2D eigenvalue weighted by Crippen LogP contribution is 2.10. The largest absolute Gasteiger partial charge is 0.409 e. The van der Waals surface area contributed by atoms with Crippen LogP contribution in [-0.2, 0) is 0 Å². The van der Waals surface area contributed by atoms with Gasteiger partial charge in [0.15, 0.2) is 17.3 Å². The van der Waals surface area contributed by atoms with E-state index in [9.17, 15) is 0 Å². The summed E-state index contributed by atoms with van der Waals surface area (Å²) in [5.41, 5.74) is 6.64. The van der Waals surface area contributed by atoms with Crippen LogP contribution in [0.1, 0.15) is 5.69 Å². The van der Waals surface area contributed by atoms with Gasteiger partial charge in [0, 0.05) is 6.20 Å². The lowest BCUT2D eigenvalue weighted by molar-refractivity contribution is 0.318. The van der Waals surface area contributed by atoms with Crippen LogP contribution < -0.4 is 5.73 Å². The third-order valence-electron chi connectivity index (χ3n) is 2.42. The molecule has 0 unspecified atom stereocenters. The first kappa shape index (κ1) is 10.2. The minimum absolute atomic E-state index is 0.00128. The Kier molecular flexibility index (Phi) is 2.15. The van der Waals surface area contributed by atoms with Gasteiger partial charge in [0.1, 0.15) is 0 Å². The summed E-state index contributed by atoms with van der Waals surface area (Å²) >= 11 is 0. The number of aromatic nitrogens is 6. The van der Waals surface area contributed by atoms with Crippen molar-refractivity contribution < 1.29 is 5.21 Å². The third-order valence-corrected chi connectivity index (χ3v) is 2.42. The maximum atomic E-state index is 8.71. The molecule has 3 heterocycles. The predicted octanol–water partition coefficient (Wildman–Crippen LogP) is -0.596. The van der Waals surface area contributed by atoms with Crippen LogP contribution in [0.25, 0.3) is 11.5 Å². The molecule has 3 aromatic rings. The van der Waals surface area contributed by atoms with E-state index in [0.29, 0.717) is 17.2 Å². The lowest BCUT2D eigenvalue weighted by atomic mass is 10.4. The first-order valence-corrected chi connectivity index (χ1v) is 5.00. The molecule has 18 heavy (non-hydrogen) atoms. The molecule has 0 radical (unpaired) electrons. The van der Waals surface area contributed by atoms with Crippen molar-refractivity contribution in [3.8, 4) is 5.82 Å². The van der Waals surface area contributed by atoms with Crippen LogP contribution in [0.2, 0.25) is 0 Å². The first-order valence-electron chi connectivity index (χ1n) is 5.00. The average Bonchev–Trinajstić information content (AvgIpc) is 3.05. The minimum Gasteiger partial charge on any atom is -0.409 e. The Hall–Kier alpha value is -2.97. The molecule has 0 bridgehead atoms. The Morgan fingerprint density at radius 1 is 1.33 bits per heavy atom. The molecule has 0 fully saturated rings. The Morgan fingerprint density at radius 2 is 2.22 bits per heavy atom. The highest BCUT2D eigenvalue weighted by molar-refractivity contribution is 5.96. The highest BCUT2D eigenvalue weighted by atomic mass is 16.4. The van der Waals surface area contributed by atoms with E-state index in [1.165, 1.54) is 4.63 Å². The Bertz CT molecular complexity index is 727. The molecular formula is C9H8N8O. The van der Waals surface area contributed by atoms with E-state index in [1.54, 1.807) is 35.0 Å². The maximum Gasteiger partial charge on any atom is 0.200 e. The second-order valence-corrected chi connectivity index (χ2v) is 3.47. The Labute approximate surface area is 100 Å². The van der Waals surface area contributed by atoms with E-state index >= 15 is 0 Å². The number of nitrogens with zero attached hydrogens (tertiary/aromatic N) is 7. The molecule has 0 aromatic carbocycles. The van der Waals surface area contributed by atoms with Crippen LogP contribution >= 0.6 is 0 Å². The quantitative estimate of drug-likeness (QED) is 0.269. The molecule has 0 aliphatic rings. The molecule has 0 spiro atoms. The molecule has 0 saturated heterocycles. The van der Waals surface area contributed by atoms with Crippen molar-refractivity contribution in [2.24, 2.45) is 10.9 Å². The van der Waals surface area contributed by atoms with Gasteiger partial charge in [0.25, 0.3) is 0 Å². The normalized spacial score (nSPS) is 12.1. The van der Waals surface area contributed by atoms with Gasteiger partial charge in [-0.15, -0.1) is 14.8 Å². The predicted molar refractivity (Wildman–Crippen MR) is 60.4 cm³/mol. The number of hydrogen-bond acceptors (Lipinski definition) is 6. The fourth-order valence-corrected chi connectivity index (χ4v) is 1.61. The molecule has 3 rings (SSSR count). The summed E-state index contributed by atoms with van der Waals surface area (Å²) in [6.07, 6.45) is 1.74. The lowest BCUT2D eigenvalue weighted by Gasteiger charge is -2.06. The molecule has 3 N–H and O–H groups in total. The number of nitrogens with two attached hydrogens (primary N) is 1. The van der Waals surface area contributed by atoms with Gasteiger partial charge < -0.3 is 10.9 Å². The fraction of sp³-hybridized carbons (Fsp3) is 0. The van der Waals surface area contributed by atoms with Crippen molar-refractivity contribution in [2.45, 2.75) is 0 Å². The van der Waals surface area contributed by atoms with E-state index in [1.807, 2.05) is 0 Å². The zero-order chi connectivity index (χ0) is 12.5. The van der Waals surface area contributed by atoms with Gasteiger partial charge in [-0.05, 0) is 34.7 Å². The summed E-state index contributed by atoms with van der Waals surface area (Å²) in [4.78, 5) is 0. The lowest BCUT2D eigenvalue weighted by Crippen LogP contribution is -2.18. The van der Waals surface area contributed by atoms with Gasteiger partial charge in [-0.25, -0.2) is 0 Å². The van der Waals surface area contributed by atoms with E-state index < -0.39 is 0 Å². The van der Waals surface area contributed by atoms with Crippen molar-refractivity contribution in [3.05, 3.63) is 36.2 Å². The van der Waals surface area contributed by atoms with Gasteiger partial charge in [0.05, 0.1) is 5.69 Å². The summed E-state index contributed by atoms with van der Waals surface area (Å²) in [7, 11) is 0. The third kappa shape index (κ3) is 1.45. The van der Waals surface area contributed by atoms with E-state index in [2.05, 4.69) is 25.8 Å². The van der Waals surface area contributed by atoms with Crippen molar-refractivity contribution in [1.82, 2.24) is 29.8 Å². The summed E-state index contributed by atoms with van der Waals surface area (Å²) in [6, 6.07) is 6.93. The average molecular weight is 244 g/mol. The van der Waals surface area contributed by atoms with Crippen molar-refractivity contribution in [2.75, 3.05) is 0 Å². The molecule has 3 aromatic heterocycles. The molecule has 0 atom stereocenters.